The summed E-state index contributed by atoms with van der Waals surface area (Å²) in [5.41, 5.74) is 6.20. The third kappa shape index (κ3) is 4.32. The first kappa shape index (κ1) is 21.0. The molecule has 0 spiro atoms. The van der Waals surface area contributed by atoms with Crippen LogP contribution in [0.3, 0.4) is 0 Å². The number of fused-ring (bicyclic) bond motifs is 1. The number of nitrogens with one attached hydrogen (secondary N) is 2. The van der Waals surface area contributed by atoms with Gasteiger partial charge in [0.25, 0.3) is 5.91 Å². The van der Waals surface area contributed by atoms with Crippen molar-refractivity contribution in [3.8, 4) is 0 Å². The first-order valence-electron chi connectivity index (χ1n) is 9.95. The number of rotatable bonds is 4. The number of piperidine rings is 1. The number of para-hydroxylation sites is 1. The highest BCUT2D eigenvalue weighted by molar-refractivity contribution is 6.07. The van der Waals surface area contributed by atoms with Crippen LogP contribution in [0.2, 0.25) is 0 Å². The maximum atomic E-state index is 13.2. The fourth-order valence-corrected chi connectivity index (χ4v) is 4.10. The molecule has 1 aromatic heterocycles. The summed E-state index contributed by atoms with van der Waals surface area (Å²) in [7, 11) is 0. The molecule has 1 fully saturated rings. The van der Waals surface area contributed by atoms with Gasteiger partial charge in [-0.1, -0.05) is 24.3 Å². The Morgan fingerprint density at radius 1 is 1.19 bits per heavy atom. The number of hydrogen-bond donors (Lipinski definition) is 3. The Hall–Kier alpha value is -3.20. The third-order valence-corrected chi connectivity index (χ3v) is 5.55. The van der Waals surface area contributed by atoms with Crippen molar-refractivity contribution in [1.82, 2.24) is 15.3 Å². The van der Waals surface area contributed by atoms with Crippen LogP contribution in [-0.4, -0.2) is 35.0 Å². The zero-order valence-electron chi connectivity index (χ0n) is 16.8. The first-order valence-corrected chi connectivity index (χ1v) is 9.95. The van der Waals surface area contributed by atoms with Crippen LogP contribution in [0.25, 0.3) is 10.9 Å². The fraction of sp³-hybridized carbons (Fsp3) is 0.318. The molecule has 0 saturated carbocycles. The lowest BCUT2D eigenvalue weighted by Crippen LogP contribution is -2.44. The summed E-state index contributed by atoms with van der Waals surface area (Å²) >= 11 is 0. The van der Waals surface area contributed by atoms with Crippen LogP contribution in [0.15, 0.2) is 42.5 Å². The average molecular weight is 429 g/mol. The highest BCUT2D eigenvalue weighted by Gasteiger charge is 2.33. The van der Waals surface area contributed by atoms with Gasteiger partial charge in [0.1, 0.15) is 11.6 Å². The normalized spacial score (nSPS) is 19.4. The highest BCUT2D eigenvalue weighted by atomic mass is 19.4. The number of carbonyl (C=O) groups is 1. The van der Waals surface area contributed by atoms with Crippen LogP contribution >= 0.6 is 0 Å². The summed E-state index contributed by atoms with van der Waals surface area (Å²) in [6, 6.07) is 10.4. The molecule has 162 valence electrons. The van der Waals surface area contributed by atoms with Crippen LogP contribution in [-0.2, 0) is 6.18 Å². The van der Waals surface area contributed by atoms with Crippen molar-refractivity contribution >= 4 is 22.6 Å². The zero-order valence-corrected chi connectivity index (χ0v) is 16.8. The predicted octanol–water partition coefficient (Wildman–Crippen LogP) is 3.61. The smallest absolute Gasteiger partial charge is 0.366 e. The van der Waals surface area contributed by atoms with Crippen molar-refractivity contribution in [2.24, 2.45) is 5.73 Å². The number of halogens is 3. The lowest BCUT2D eigenvalue weighted by molar-refractivity contribution is -0.137. The molecule has 1 amide bonds. The number of aromatic nitrogens is 2. The number of alkyl halides is 3. The Morgan fingerprint density at radius 3 is 2.71 bits per heavy atom. The van der Waals surface area contributed by atoms with Gasteiger partial charge >= 0.3 is 6.18 Å². The Bertz CT molecular complexity index is 1130. The van der Waals surface area contributed by atoms with Crippen molar-refractivity contribution in [3.05, 3.63) is 65.0 Å². The van der Waals surface area contributed by atoms with Gasteiger partial charge < -0.3 is 16.4 Å². The molecule has 1 saturated heterocycles. The van der Waals surface area contributed by atoms with E-state index in [1.807, 2.05) is 0 Å². The fourth-order valence-electron chi connectivity index (χ4n) is 4.10. The molecule has 9 heteroatoms. The number of anilines is 1. The van der Waals surface area contributed by atoms with E-state index < -0.39 is 17.6 Å². The predicted molar refractivity (Wildman–Crippen MR) is 112 cm³/mol. The maximum absolute atomic E-state index is 13.2. The molecule has 2 atom stereocenters. The molecule has 0 aliphatic carbocycles. The number of aryl methyl sites for hydroxylation is 1. The van der Waals surface area contributed by atoms with Gasteiger partial charge in [0, 0.05) is 23.9 Å². The standard InChI is InChI=1S/C22H22F3N5O/c1-12-28-19-16(20(26)31)6-3-7-17(19)21(29-12)30-18-11-27-9-8-15(18)13-4-2-5-14(10-13)22(23,24)25/h2-7,10,15,18,27H,8-9,11H2,1H3,(H2,26,31)(H,28,29,30)/t15-,18?/m1/s1. The molecule has 3 aromatic rings. The number of benzene rings is 2. The Morgan fingerprint density at radius 2 is 1.97 bits per heavy atom. The van der Waals surface area contributed by atoms with Gasteiger partial charge in [0.2, 0.25) is 0 Å². The number of carbonyl (C=O) groups excluding carboxylic acids is 1. The molecule has 2 aromatic carbocycles. The average Bonchev–Trinajstić information content (AvgIpc) is 2.73. The quantitative estimate of drug-likeness (QED) is 0.589. The summed E-state index contributed by atoms with van der Waals surface area (Å²) in [4.78, 5) is 20.7. The molecular formula is C22H22F3N5O. The van der Waals surface area contributed by atoms with E-state index in [1.54, 1.807) is 31.2 Å². The second kappa shape index (κ2) is 8.14. The summed E-state index contributed by atoms with van der Waals surface area (Å²) in [6.45, 7) is 2.97. The molecule has 2 heterocycles. The highest BCUT2D eigenvalue weighted by Crippen LogP contribution is 2.35. The maximum Gasteiger partial charge on any atom is 0.416 e. The molecule has 0 radical (unpaired) electrons. The van der Waals surface area contributed by atoms with E-state index >= 15 is 0 Å². The van der Waals surface area contributed by atoms with Gasteiger partial charge in [-0.2, -0.15) is 13.2 Å². The summed E-state index contributed by atoms with van der Waals surface area (Å²) < 4.78 is 39.7. The van der Waals surface area contributed by atoms with Crippen molar-refractivity contribution < 1.29 is 18.0 Å². The minimum absolute atomic E-state index is 0.145. The minimum atomic E-state index is -4.39. The van der Waals surface area contributed by atoms with Crippen molar-refractivity contribution in [3.63, 3.8) is 0 Å². The largest absolute Gasteiger partial charge is 0.416 e. The summed E-state index contributed by atoms with van der Waals surface area (Å²) in [6.07, 6.45) is -3.72. The molecule has 0 bridgehead atoms. The lowest BCUT2D eigenvalue weighted by Gasteiger charge is -2.34. The van der Waals surface area contributed by atoms with Gasteiger partial charge in [-0.05, 0) is 43.7 Å². The number of hydrogen-bond acceptors (Lipinski definition) is 5. The molecule has 4 N–H and O–H groups in total. The molecule has 1 unspecified atom stereocenters. The Labute approximate surface area is 177 Å². The van der Waals surface area contributed by atoms with Gasteiger partial charge in [0.15, 0.2) is 0 Å². The van der Waals surface area contributed by atoms with Crippen LogP contribution in [0, 0.1) is 6.92 Å². The van der Waals surface area contributed by atoms with Gasteiger partial charge in [0.05, 0.1) is 16.6 Å². The van der Waals surface area contributed by atoms with E-state index in [9.17, 15) is 18.0 Å². The molecule has 31 heavy (non-hydrogen) atoms. The van der Waals surface area contributed by atoms with Gasteiger partial charge in [-0.3, -0.25) is 4.79 Å². The van der Waals surface area contributed by atoms with E-state index in [2.05, 4.69) is 20.6 Å². The topological polar surface area (TPSA) is 92.9 Å². The van der Waals surface area contributed by atoms with Crippen LogP contribution in [0.1, 0.15) is 39.6 Å². The van der Waals surface area contributed by atoms with Crippen molar-refractivity contribution in [2.45, 2.75) is 31.5 Å². The van der Waals surface area contributed by atoms with E-state index in [1.165, 1.54) is 12.1 Å². The second-order valence-corrected chi connectivity index (χ2v) is 7.66. The number of nitrogens with two attached hydrogens (primary N) is 1. The van der Waals surface area contributed by atoms with E-state index in [4.69, 9.17) is 5.73 Å². The monoisotopic (exact) mass is 429 g/mol. The van der Waals surface area contributed by atoms with Crippen LogP contribution in [0.4, 0.5) is 19.0 Å². The number of amides is 1. The SMILES string of the molecule is Cc1nc(NC2CNCC[C@@H]2c2cccc(C(F)(F)F)c2)c2cccc(C(N)=O)c2n1. The van der Waals surface area contributed by atoms with E-state index in [0.717, 1.165) is 6.07 Å². The molecular weight excluding hydrogens is 407 g/mol. The van der Waals surface area contributed by atoms with Crippen molar-refractivity contribution in [1.29, 1.82) is 0 Å². The summed E-state index contributed by atoms with van der Waals surface area (Å²) in [5, 5.41) is 7.31. The second-order valence-electron chi connectivity index (χ2n) is 7.66. The zero-order chi connectivity index (χ0) is 22.2. The third-order valence-electron chi connectivity index (χ3n) is 5.55. The molecule has 4 rings (SSSR count). The van der Waals surface area contributed by atoms with E-state index in [0.29, 0.717) is 53.2 Å². The lowest BCUT2D eigenvalue weighted by atomic mass is 9.85. The Balaban J connectivity index is 1.72. The van der Waals surface area contributed by atoms with Crippen LogP contribution in [0.5, 0.6) is 0 Å². The molecule has 6 nitrogen and oxygen atoms in total. The number of primary amides is 1. The summed E-state index contributed by atoms with van der Waals surface area (Å²) in [5.74, 6) is 0.253. The van der Waals surface area contributed by atoms with Gasteiger partial charge in [-0.15, -0.1) is 0 Å². The number of nitrogens with zero attached hydrogens (tertiary/aromatic N) is 2. The first-order chi connectivity index (χ1) is 14.7. The molecule has 1 aliphatic rings. The Kier molecular flexibility index (Phi) is 5.53. The van der Waals surface area contributed by atoms with Gasteiger partial charge in [-0.25, -0.2) is 9.97 Å². The van der Waals surface area contributed by atoms with Crippen molar-refractivity contribution in [2.75, 3.05) is 18.4 Å². The minimum Gasteiger partial charge on any atom is -0.366 e. The molecule has 1 aliphatic heterocycles. The van der Waals surface area contributed by atoms with E-state index in [-0.39, 0.29) is 12.0 Å². The van der Waals surface area contributed by atoms with Crippen LogP contribution < -0.4 is 16.4 Å².